The van der Waals surface area contributed by atoms with Gasteiger partial charge in [-0.25, -0.2) is 0 Å². The molecule has 5 rings (SSSR count). The summed E-state index contributed by atoms with van der Waals surface area (Å²) >= 11 is 8.77. The number of carbonyl (C=O) groups is 2. The normalized spacial score (nSPS) is 25.1. The summed E-state index contributed by atoms with van der Waals surface area (Å²) in [6, 6.07) is 9.19. The Balaban J connectivity index is 1.36. The fourth-order valence-electron chi connectivity index (χ4n) is 4.56. The highest BCUT2D eigenvalue weighted by Crippen LogP contribution is 2.46. The molecule has 4 heterocycles. The number of aromatic hydroxyl groups is 1. The number of furan rings is 1. The molecular formula is C23H26N4O4S3. The van der Waals surface area contributed by atoms with Crippen molar-refractivity contribution in [1.82, 2.24) is 20.0 Å². The molecule has 3 fully saturated rings. The lowest BCUT2D eigenvalue weighted by Gasteiger charge is -2.44. The lowest BCUT2D eigenvalue weighted by Crippen LogP contribution is -2.68. The second-order valence-electron chi connectivity index (χ2n) is 9.26. The molecule has 8 nitrogen and oxygen atoms in total. The molecule has 3 aliphatic heterocycles. The molecule has 180 valence electrons. The Hall–Kier alpha value is -2.21. The van der Waals surface area contributed by atoms with Crippen molar-refractivity contribution in [3.8, 4) is 5.75 Å². The second kappa shape index (κ2) is 9.10. The van der Waals surface area contributed by atoms with Crippen LogP contribution < -0.4 is 5.32 Å². The number of thiocarbonyl (C=S) groups is 1. The van der Waals surface area contributed by atoms with Crippen LogP contribution in [0.25, 0.3) is 0 Å². The van der Waals surface area contributed by atoms with Crippen LogP contribution in [-0.4, -0.2) is 71.2 Å². The van der Waals surface area contributed by atoms with E-state index >= 15 is 0 Å². The van der Waals surface area contributed by atoms with E-state index in [1.807, 2.05) is 26.8 Å². The van der Waals surface area contributed by atoms with Gasteiger partial charge in [0.15, 0.2) is 0 Å². The van der Waals surface area contributed by atoms with Crippen LogP contribution in [0.5, 0.6) is 5.75 Å². The molecule has 34 heavy (non-hydrogen) atoms. The van der Waals surface area contributed by atoms with E-state index in [0.29, 0.717) is 25.6 Å². The third-order valence-corrected chi connectivity index (χ3v) is 9.26. The number of rotatable bonds is 6. The van der Waals surface area contributed by atoms with Gasteiger partial charge in [0, 0.05) is 11.3 Å². The van der Waals surface area contributed by atoms with Gasteiger partial charge >= 0.3 is 0 Å². The van der Waals surface area contributed by atoms with E-state index in [1.54, 1.807) is 42.3 Å². The molecule has 0 spiro atoms. The quantitative estimate of drug-likeness (QED) is 0.443. The maximum absolute atomic E-state index is 13.7. The lowest BCUT2D eigenvalue weighted by molar-refractivity contribution is -0.149. The summed E-state index contributed by atoms with van der Waals surface area (Å²) in [5.41, 5.74) is 0.740. The van der Waals surface area contributed by atoms with Crippen LogP contribution in [0.15, 0.2) is 47.1 Å². The van der Waals surface area contributed by atoms with Crippen LogP contribution in [0.4, 0.5) is 0 Å². The molecule has 0 saturated carbocycles. The number of phenols is 1. The number of benzene rings is 1. The Morgan fingerprint density at radius 1 is 1.32 bits per heavy atom. The van der Waals surface area contributed by atoms with Crippen molar-refractivity contribution in [1.29, 1.82) is 0 Å². The molecule has 2 aromatic rings. The summed E-state index contributed by atoms with van der Waals surface area (Å²) in [5, 5.41) is 12.8. The smallest absolute Gasteiger partial charge is 0.249 e. The fraction of sp³-hybridized carbons (Fsp3) is 0.435. The van der Waals surface area contributed by atoms with Crippen LogP contribution in [0.2, 0.25) is 0 Å². The van der Waals surface area contributed by atoms with Gasteiger partial charge in [0.2, 0.25) is 11.8 Å². The van der Waals surface area contributed by atoms with Gasteiger partial charge < -0.3 is 24.6 Å². The molecule has 2 N–H and O–H groups in total. The van der Waals surface area contributed by atoms with Gasteiger partial charge in [0.25, 0.3) is 0 Å². The SMILES string of the molecule is CC1(C)CN2C(=O)C(NC(=O)C(c3ccc(O)cc3)N3CSC(=S)N(Cc4ccco4)C3)C2S1. The number of amides is 2. The maximum Gasteiger partial charge on any atom is 0.249 e. The van der Waals surface area contributed by atoms with E-state index in [9.17, 15) is 14.7 Å². The van der Waals surface area contributed by atoms with E-state index in [0.717, 1.165) is 15.6 Å². The summed E-state index contributed by atoms with van der Waals surface area (Å²) in [6.07, 6.45) is 1.63. The zero-order valence-corrected chi connectivity index (χ0v) is 21.3. The predicted octanol–water partition coefficient (Wildman–Crippen LogP) is 2.96. The summed E-state index contributed by atoms with van der Waals surface area (Å²) in [6.45, 7) is 5.85. The predicted molar refractivity (Wildman–Crippen MR) is 136 cm³/mol. The molecule has 2 amide bonds. The van der Waals surface area contributed by atoms with Gasteiger partial charge in [-0.1, -0.05) is 36.1 Å². The van der Waals surface area contributed by atoms with Gasteiger partial charge in [-0.2, -0.15) is 0 Å². The average molecular weight is 519 g/mol. The van der Waals surface area contributed by atoms with Crippen LogP contribution in [0.1, 0.15) is 31.2 Å². The third-order valence-electron chi connectivity index (χ3n) is 6.14. The van der Waals surface area contributed by atoms with E-state index in [-0.39, 0.29) is 27.7 Å². The third kappa shape index (κ3) is 4.53. The highest BCUT2D eigenvalue weighted by molar-refractivity contribution is 8.22. The maximum atomic E-state index is 13.7. The first kappa shape index (κ1) is 23.5. The Morgan fingerprint density at radius 3 is 2.79 bits per heavy atom. The highest BCUT2D eigenvalue weighted by Gasteiger charge is 2.56. The minimum Gasteiger partial charge on any atom is -0.508 e. The van der Waals surface area contributed by atoms with Gasteiger partial charge in [0.1, 0.15) is 33.3 Å². The van der Waals surface area contributed by atoms with Gasteiger partial charge in [0.05, 0.1) is 25.4 Å². The van der Waals surface area contributed by atoms with E-state index in [4.69, 9.17) is 16.6 Å². The Labute approximate surface area is 212 Å². The Kier molecular flexibility index (Phi) is 6.30. The zero-order valence-electron chi connectivity index (χ0n) is 18.8. The van der Waals surface area contributed by atoms with Gasteiger partial charge in [-0.05, 0) is 43.7 Å². The van der Waals surface area contributed by atoms with E-state index < -0.39 is 12.1 Å². The molecular weight excluding hydrogens is 492 g/mol. The van der Waals surface area contributed by atoms with Crippen LogP contribution in [0.3, 0.4) is 0 Å². The largest absolute Gasteiger partial charge is 0.508 e. The molecule has 0 aliphatic carbocycles. The lowest BCUT2D eigenvalue weighted by atomic mass is 10.0. The average Bonchev–Trinajstić information content (AvgIpc) is 3.41. The second-order valence-corrected chi connectivity index (χ2v) is 12.7. The van der Waals surface area contributed by atoms with Gasteiger partial charge in [-0.15, -0.1) is 11.8 Å². The van der Waals surface area contributed by atoms with Crippen molar-refractivity contribution in [2.45, 2.75) is 42.6 Å². The van der Waals surface area contributed by atoms with Crippen molar-refractivity contribution in [3.05, 3.63) is 54.0 Å². The first-order chi connectivity index (χ1) is 16.2. The number of hydrogen-bond donors (Lipinski definition) is 2. The number of nitrogens with one attached hydrogen (secondary N) is 1. The number of hydrogen-bond acceptors (Lipinski definition) is 8. The molecule has 1 aromatic carbocycles. The number of carbonyl (C=O) groups excluding carboxylic acids is 2. The van der Waals surface area contributed by atoms with Crippen molar-refractivity contribution in [3.63, 3.8) is 0 Å². The van der Waals surface area contributed by atoms with Gasteiger partial charge in [-0.3, -0.25) is 14.5 Å². The zero-order chi connectivity index (χ0) is 24.0. The van der Waals surface area contributed by atoms with E-state index in [2.05, 4.69) is 19.2 Å². The Bertz CT molecular complexity index is 1090. The molecule has 0 bridgehead atoms. The number of phenolic OH excluding ortho intramolecular Hbond substituents is 1. The number of nitrogens with zero attached hydrogens (tertiary/aromatic N) is 3. The summed E-state index contributed by atoms with van der Waals surface area (Å²) in [5.74, 6) is 1.18. The first-order valence-corrected chi connectivity index (χ1v) is 13.2. The summed E-state index contributed by atoms with van der Waals surface area (Å²) in [4.78, 5) is 32.2. The van der Waals surface area contributed by atoms with Crippen LogP contribution in [0, 0.1) is 0 Å². The highest BCUT2D eigenvalue weighted by atomic mass is 32.2. The minimum absolute atomic E-state index is 0.0261. The minimum atomic E-state index is -0.642. The van der Waals surface area contributed by atoms with Crippen molar-refractivity contribution in [2.24, 2.45) is 0 Å². The van der Waals surface area contributed by atoms with Crippen LogP contribution >= 0.6 is 35.7 Å². The summed E-state index contributed by atoms with van der Waals surface area (Å²) < 4.78 is 6.20. The molecule has 3 aliphatic rings. The van der Waals surface area contributed by atoms with Crippen molar-refractivity contribution < 1.29 is 19.1 Å². The number of fused-ring (bicyclic) bond motifs is 1. The molecule has 3 atom stereocenters. The fourth-order valence-corrected chi connectivity index (χ4v) is 7.14. The van der Waals surface area contributed by atoms with Crippen molar-refractivity contribution in [2.75, 3.05) is 19.1 Å². The molecule has 1 aromatic heterocycles. The summed E-state index contributed by atoms with van der Waals surface area (Å²) in [7, 11) is 0. The molecule has 0 radical (unpaired) electrons. The molecule has 3 unspecified atom stereocenters. The van der Waals surface area contributed by atoms with E-state index in [1.165, 1.54) is 11.8 Å². The monoisotopic (exact) mass is 518 g/mol. The first-order valence-electron chi connectivity index (χ1n) is 11.0. The van der Waals surface area contributed by atoms with Crippen LogP contribution in [-0.2, 0) is 16.1 Å². The molecule has 11 heteroatoms. The molecule has 3 saturated heterocycles. The number of β-lactam (4-membered cyclic amide) rings is 1. The Morgan fingerprint density at radius 2 is 2.09 bits per heavy atom. The topological polar surface area (TPSA) is 89.3 Å². The number of thioether (sulfide) groups is 2. The standard InChI is InChI=1S/C23H26N4O4S3/c1-23(2)11-27-20(30)17(21(27)34-23)24-19(29)18(14-5-7-15(28)8-6-14)26-12-25(22(32)33-13-26)10-16-4-3-9-31-16/h3-9,17-18,21,28H,10-13H2,1-2H3,(H,24,29). The van der Waals surface area contributed by atoms with Crippen molar-refractivity contribution >= 4 is 51.9 Å².